The molecule has 0 aliphatic heterocycles. The quantitative estimate of drug-likeness (QED) is 0.261. The number of rotatable bonds is 4. The van der Waals surface area contributed by atoms with Crippen LogP contribution in [0.4, 0.5) is 11.4 Å². The van der Waals surface area contributed by atoms with Gasteiger partial charge in [0, 0.05) is 22.9 Å². The van der Waals surface area contributed by atoms with Crippen molar-refractivity contribution in [2.24, 2.45) is 4.99 Å². The van der Waals surface area contributed by atoms with Crippen LogP contribution < -0.4 is 0 Å². The van der Waals surface area contributed by atoms with E-state index in [2.05, 4.69) is 9.98 Å². The second-order valence-corrected chi connectivity index (χ2v) is 6.82. The average Bonchev–Trinajstić information content (AvgIpc) is 3.11. The number of halogens is 1. The number of benzene rings is 3. The standard InChI is InChI=1S/C21H14ClN3O4/c1-12-6-7-19-17(8-12)24-21(29-19)15-4-2-3-5-16(15)23-11-13-9-14(22)10-18(20(13)26)25(27)28/h2-11,26H,1H3. The Labute approximate surface area is 170 Å². The maximum absolute atomic E-state index is 11.1. The van der Waals surface area contributed by atoms with Crippen molar-refractivity contribution in [3.8, 4) is 17.2 Å². The summed E-state index contributed by atoms with van der Waals surface area (Å²) < 4.78 is 5.85. The Balaban J connectivity index is 1.77. The molecule has 8 heteroatoms. The SMILES string of the molecule is Cc1ccc2oc(-c3ccccc3N=Cc3cc(Cl)cc([N+](=O)[O-])c3O)nc2c1. The van der Waals surface area contributed by atoms with Crippen LogP contribution >= 0.6 is 11.6 Å². The molecule has 7 nitrogen and oxygen atoms in total. The van der Waals surface area contributed by atoms with Gasteiger partial charge >= 0.3 is 5.69 Å². The summed E-state index contributed by atoms with van der Waals surface area (Å²) >= 11 is 5.93. The molecule has 29 heavy (non-hydrogen) atoms. The van der Waals surface area contributed by atoms with Gasteiger partial charge in [-0.3, -0.25) is 15.1 Å². The molecule has 144 valence electrons. The van der Waals surface area contributed by atoms with E-state index in [0.29, 0.717) is 22.7 Å². The van der Waals surface area contributed by atoms with E-state index in [-0.39, 0.29) is 10.6 Å². The van der Waals surface area contributed by atoms with Crippen molar-refractivity contribution < 1.29 is 14.4 Å². The van der Waals surface area contributed by atoms with Crippen molar-refractivity contribution in [1.82, 2.24) is 4.98 Å². The normalized spacial score (nSPS) is 11.4. The van der Waals surface area contributed by atoms with Crippen molar-refractivity contribution in [1.29, 1.82) is 0 Å². The fourth-order valence-corrected chi connectivity index (χ4v) is 3.12. The number of hydrogen-bond donors (Lipinski definition) is 1. The Kier molecular flexibility index (Phi) is 4.74. The van der Waals surface area contributed by atoms with Crippen LogP contribution in [-0.4, -0.2) is 21.2 Å². The first kappa shape index (κ1) is 18.6. The number of nitrogens with zero attached hydrogens (tertiary/aromatic N) is 3. The largest absolute Gasteiger partial charge is 0.502 e. The highest BCUT2D eigenvalue weighted by atomic mass is 35.5. The summed E-state index contributed by atoms with van der Waals surface area (Å²) in [5, 5.41) is 21.3. The summed E-state index contributed by atoms with van der Waals surface area (Å²) in [7, 11) is 0. The lowest BCUT2D eigenvalue weighted by molar-refractivity contribution is -0.385. The van der Waals surface area contributed by atoms with E-state index in [0.717, 1.165) is 17.1 Å². The second kappa shape index (κ2) is 7.37. The molecule has 1 heterocycles. The lowest BCUT2D eigenvalue weighted by Gasteiger charge is -2.03. The minimum atomic E-state index is -0.702. The number of fused-ring (bicyclic) bond motifs is 1. The third-order valence-corrected chi connectivity index (χ3v) is 4.52. The molecule has 4 rings (SSSR count). The predicted molar refractivity (Wildman–Crippen MR) is 111 cm³/mol. The molecule has 0 aliphatic carbocycles. The topological polar surface area (TPSA) is 102 Å². The van der Waals surface area contributed by atoms with E-state index in [4.69, 9.17) is 16.0 Å². The lowest BCUT2D eigenvalue weighted by atomic mass is 10.1. The van der Waals surface area contributed by atoms with Gasteiger partial charge in [0.05, 0.1) is 16.2 Å². The number of para-hydroxylation sites is 1. The van der Waals surface area contributed by atoms with Gasteiger partial charge in [0.15, 0.2) is 5.58 Å². The molecule has 0 bridgehead atoms. The third kappa shape index (κ3) is 3.68. The van der Waals surface area contributed by atoms with Gasteiger partial charge in [-0.15, -0.1) is 0 Å². The molecular weight excluding hydrogens is 394 g/mol. The van der Waals surface area contributed by atoms with Gasteiger partial charge in [0.1, 0.15) is 5.52 Å². The van der Waals surface area contributed by atoms with E-state index in [9.17, 15) is 15.2 Å². The van der Waals surface area contributed by atoms with Gasteiger partial charge in [-0.2, -0.15) is 0 Å². The van der Waals surface area contributed by atoms with Gasteiger partial charge in [-0.1, -0.05) is 29.8 Å². The minimum absolute atomic E-state index is 0.124. The number of phenols is 1. The molecule has 4 aromatic rings. The van der Waals surface area contributed by atoms with Crippen LogP contribution in [0.25, 0.3) is 22.6 Å². The summed E-state index contributed by atoms with van der Waals surface area (Å²) in [5.41, 5.74) is 3.29. The summed E-state index contributed by atoms with van der Waals surface area (Å²) in [5.74, 6) is -0.0994. The van der Waals surface area contributed by atoms with E-state index in [1.807, 2.05) is 37.3 Å². The first-order chi connectivity index (χ1) is 13.9. The van der Waals surface area contributed by atoms with Crippen LogP contribution in [0.2, 0.25) is 5.02 Å². The first-order valence-corrected chi connectivity index (χ1v) is 8.98. The van der Waals surface area contributed by atoms with Crippen LogP contribution in [0.5, 0.6) is 5.75 Å². The van der Waals surface area contributed by atoms with E-state index in [1.54, 1.807) is 12.1 Å². The van der Waals surface area contributed by atoms with Crippen LogP contribution in [0.15, 0.2) is 64.0 Å². The summed E-state index contributed by atoms with van der Waals surface area (Å²) in [6.07, 6.45) is 1.32. The summed E-state index contributed by atoms with van der Waals surface area (Å²) in [6.45, 7) is 1.97. The van der Waals surface area contributed by atoms with E-state index in [1.165, 1.54) is 12.3 Å². The zero-order chi connectivity index (χ0) is 20.5. The number of phenolic OH excluding ortho intramolecular Hbond substituents is 1. The molecule has 0 spiro atoms. The Bertz CT molecular complexity index is 1280. The van der Waals surface area contributed by atoms with Crippen LogP contribution in [0.3, 0.4) is 0 Å². The molecule has 0 amide bonds. The molecule has 0 fully saturated rings. The number of aromatic hydroxyl groups is 1. The van der Waals surface area contributed by atoms with Gasteiger partial charge < -0.3 is 9.52 Å². The number of aliphatic imine (C=N–C) groups is 1. The van der Waals surface area contributed by atoms with E-state index < -0.39 is 16.4 Å². The Morgan fingerprint density at radius 3 is 2.79 bits per heavy atom. The highest BCUT2D eigenvalue weighted by Crippen LogP contribution is 2.34. The third-order valence-electron chi connectivity index (χ3n) is 4.30. The fraction of sp³-hybridized carbons (Fsp3) is 0.0476. The van der Waals surface area contributed by atoms with E-state index >= 15 is 0 Å². The monoisotopic (exact) mass is 407 g/mol. The maximum Gasteiger partial charge on any atom is 0.312 e. The number of aromatic nitrogens is 1. The maximum atomic E-state index is 11.1. The zero-order valence-corrected chi connectivity index (χ0v) is 15.9. The molecule has 0 saturated carbocycles. The Morgan fingerprint density at radius 2 is 2.00 bits per heavy atom. The fourth-order valence-electron chi connectivity index (χ4n) is 2.90. The summed E-state index contributed by atoms with van der Waals surface area (Å²) in [6, 6.07) is 15.4. The molecule has 1 N–H and O–H groups in total. The highest BCUT2D eigenvalue weighted by Gasteiger charge is 2.18. The van der Waals surface area contributed by atoms with Gasteiger partial charge in [0.25, 0.3) is 0 Å². The number of oxazole rings is 1. The lowest BCUT2D eigenvalue weighted by Crippen LogP contribution is -1.92. The van der Waals surface area contributed by atoms with Crippen LogP contribution in [0, 0.1) is 17.0 Å². The van der Waals surface area contributed by atoms with Crippen molar-refractivity contribution in [2.45, 2.75) is 6.92 Å². The molecule has 0 radical (unpaired) electrons. The number of nitro benzene ring substituents is 1. The number of nitro groups is 1. The smallest absolute Gasteiger partial charge is 0.312 e. The summed E-state index contributed by atoms with van der Waals surface area (Å²) in [4.78, 5) is 19.3. The highest BCUT2D eigenvalue weighted by molar-refractivity contribution is 6.31. The molecule has 0 atom stereocenters. The molecule has 0 unspecified atom stereocenters. The molecule has 0 aliphatic rings. The number of aryl methyl sites for hydroxylation is 1. The molecule has 3 aromatic carbocycles. The molecule has 0 saturated heterocycles. The Morgan fingerprint density at radius 1 is 1.21 bits per heavy atom. The van der Waals surface area contributed by atoms with Crippen molar-refractivity contribution in [3.05, 3.63) is 80.9 Å². The molecule has 1 aromatic heterocycles. The zero-order valence-electron chi connectivity index (χ0n) is 15.2. The Hall–Kier alpha value is -3.71. The first-order valence-electron chi connectivity index (χ1n) is 8.60. The molecular formula is C21H14ClN3O4. The van der Waals surface area contributed by atoms with Crippen molar-refractivity contribution >= 4 is 40.3 Å². The van der Waals surface area contributed by atoms with Crippen LogP contribution in [0.1, 0.15) is 11.1 Å². The minimum Gasteiger partial charge on any atom is -0.502 e. The predicted octanol–water partition coefficient (Wildman–Crippen LogP) is 5.82. The van der Waals surface area contributed by atoms with Gasteiger partial charge in [-0.25, -0.2) is 4.98 Å². The number of hydrogen-bond acceptors (Lipinski definition) is 6. The van der Waals surface area contributed by atoms with Gasteiger partial charge in [0.2, 0.25) is 11.6 Å². The van der Waals surface area contributed by atoms with Gasteiger partial charge in [-0.05, 0) is 42.8 Å². The van der Waals surface area contributed by atoms with Crippen LogP contribution in [-0.2, 0) is 0 Å². The van der Waals surface area contributed by atoms with Crippen molar-refractivity contribution in [3.63, 3.8) is 0 Å². The average molecular weight is 408 g/mol. The van der Waals surface area contributed by atoms with Crippen molar-refractivity contribution in [2.75, 3.05) is 0 Å². The second-order valence-electron chi connectivity index (χ2n) is 6.39.